The van der Waals surface area contributed by atoms with Crippen LogP contribution < -0.4 is 25.5 Å². The molecule has 1 saturated heterocycles. The fourth-order valence-corrected chi connectivity index (χ4v) is 3.48. The number of anilines is 1. The summed E-state index contributed by atoms with van der Waals surface area (Å²) in [4.78, 5) is 36.0. The molecule has 0 aromatic heterocycles. The van der Waals surface area contributed by atoms with E-state index in [-0.39, 0.29) is 25.2 Å². The molecule has 0 spiro atoms. The fraction of sp³-hybridized carbons (Fsp3) is 0.360. The van der Waals surface area contributed by atoms with Gasteiger partial charge in [-0.25, -0.2) is 5.43 Å². The maximum absolute atomic E-state index is 12.3. The van der Waals surface area contributed by atoms with E-state index in [1.54, 1.807) is 18.2 Å². The lowest BCUT2D eigenvalue weighted by atomic mass is 10.1. The molecule has 1 heterocycles. The van der Waals surface area contributed by atoms with E-state index in [0.717, 1.165) is 29.7 Å². The first-order valence-electron chi connectivity index (χ1n) is 11.3. The van der Waals surface area contributed by atoms with Crippen LogP contribution in [0.2, 0.25) is 0 Å². The number of carbonyl (C=O) groups is 3. The molecule has 0 unspecified atom stereocenters. The number of hydrogen-bond acceptors (Lipinski definition) is 7. The minimum absolute atomic E-state index is 0.0544. The molecule has 10 nitrogen and oxygen atoms in total. The Bertz CT molecular complexity index is 1100. The molecule has 10 heteroatoms. The van der Waals surface area contributed by atoms with Crippen LogP contribution in [0.5, 0.6) is 11.5 Å². The maximum atomic E-state index is 12.3. The zero-order valence-electron chi connectivity index (χ0n) is 20.1. The van der Waals surface area contributed by atoms with Gasteiger partial charge in [0.2, 0.25) is 0 Å². The molecule has 1 aliphatic rings. The summed E-state index contributed by atoms with van der Waals surface area (Å²) in [5.74, 6) is -1.20. The molecule has 2 aromatic rings. The Morgan fingerprint density at radius 3 is 2.66 bits per heavy atom. The summed E-state index contributed by atoms with van der Waals surface area (Å²) >= 11 is 0. The van der Waals surface area contributed by atoms with Gasteiger partial charge in [-0.15, -0.1) is 0 Å². The summed E-state index contributed by atoms with van der Waals surface area (Å²) in [6.07, 6.45) is 3.12. The van der Waals surface area contributed by atoms with Gasteiger partial charge in [-0.05, 0) is 62.1 Å². The van der Waals surface area contributed by atoms with Gasteiger partial charge >= 0.3 is 11.8 Å². The van der Waals surface area contributed by atoms with Gasteiger partial charge in [0.15, 0.2) is 18.1 Å². The van der Waals surface area contributed by atoms with Crippen LogP contribution in [0.3, 0.4) is 0 Å². The average molecular weight is 483 g/mol. The molecule has 35 heavy (non-hydrogen) atoms. The minimum atomic E-state index is -0.874. The number of amides is 3. The molecule has 1 aliphatic heterocycles. The summed E-state index contributed by atoms with van der Waals surface area (Å²) in [6.45, 7) is 4.67. The van der Waals surface area contributed by atoms with Gasteiger partial charge in [0.1, 0.15) is 0 Å². The number of hydrazone groups is 1. The molecule has 1 atom stereocenters. The second-order valence-electron chi connectivity index (χ2n) is 8.11. The molecular weight excluding hydrogens is 452 g/mol. The summed E-state index contributed by atoms with van der Waals surface area (Å²) in [5, 5.41) is 9.15. The van der Waals surface area contributed by atoms with Crippen LogP contribution in [0.1, 0.15) is 29.5 Å². The fourth-order valence-electron chi connectivity index (χ4n) is 3.48. The van der Waals surface area contributed by atoms with E-state index in [9.17, 15) is 14.4 Å². The third-order valence-electron chi connectivity index (χ3n) is 5.30. The zero-order chi connectivity index (χ0) is 25.2. The predicted octanol–water partition coefficient (Wildman–Crippen LogP) is 2.07. The van der Waals surface area contributed by atoms with Crippen LogP contribution >= 0.6 is 0 Å². The Balaban J connectivity index is 1.48. The Kier molecular flexibility index (Phi) is 9.19. The summed E-state index contributed by atoms with van der Waals surface area (Å²) in [7, 11) is 1.47. The lowest BCUT2D eigenvalue weighted by Gasteiger charge is -2.12. The number of benzene rings is 2. The van der Waals surface area contributed by atoms with E-state index in [2.05, 4.69) is 21.2 Å². The normalized spacial score (nSPS) is 15.0. The van der Waals surface area contributed by atoms with Crippen molar-refractivity contribution < 1.29 is 28.6 Å². The molecule has 0 saturated carbocycles. The molecular formula is C25H30N4O6. The van der Waals surface area contributed by atoms with E-state index in [1.165, 1.54) is 13.3 Å². The second kappa shape index (κ2) is 12.5. The van der Waals surface area contributed by atoms with Crippen LogP contribution in [-0.4, -0.2) is 56.9 Å². The Morgan fingerprint density at radius 2 is 1.94 bits per heavy atom. The molecule has 3 rings (SSSR count). The third-order valence-corrected chi connectivity index (χ3v) is 5.30. The summed E-state index contributed by atoms with van der Waals surface area (Å²) < 4.78 is 16.3. The van der Waals surface area contributed by atoms with Gasteiger partial charge in [-0.2, -0.15) is 5.10 Å². The van der Waals surface area contributed by atoms with Crippen molar-refractivity contribution in [2.75, 3.05) is 32.2 Å². The molecule has 0 bridgehead atoms. The van der Waals surface area contributed by atoms with Gasteiger partial charge in [0, 0.05) is 18.8 Å². The molecule has 3 amide bonds. The number of hydrogen-bond donors (Lipinski definition) is 3. The van der Waals surface area contributed by atoms with Crippen molar-refractivity contribution in [3.05, 3.63) is 53.1 Å². The topological polar surface area (TPSA) is 127 Å². The Hall–Kier alpha value is -3.92. The van der Waals surface area contributed by atoms with Crippen molar-refractivity contribution >= 4 is 29.6 Å². The van der Waals surface area contributed by atoms with E-state index in [0.29, 0.717) is 23.7 Å². The van der Waals surface area contributed by atoms with Crippen LogP contribution in [0.15, 0.2) is 41.5 Å². The average Bonchev–Trinajstić information content (AvgIpc) is 3.37. The molecule has 0 aliphatic carbocycles. The van der Waals surface area contributed by atoms with Crippen molar-refractivity contribution in [3.8, 4) is 11.5 Å². The molecule has 1 fully saturated rings. The first-order chi connectivity index (χ1) is 16.9. The van der Waals surface area contributed by atoms with E-state index in [1.807, 2.05) is 32.0 Å². The van der Waals surface area contributed by atoms with Gasteiger partial charge in [0.05, 0.1) is 19.4 Å². The van der Waals surface area contributed by atoms with Crippen LogP contribution in [0.25, 0.3) is 0 Å². The highest BCUT2D eigenvalue weighted by molar-refractivity contribution is 6.35. The maximum Gasteiger partial charge on any atom is 0.329 e. The number of rotatable bonds is 9. The zero-order valence-corrected chi connectivity index (χ0v) is 20.1. The van der Waals surface area contributed by atoms with Gasteiger partial charge < -0.3 is 24.8 Å². The van der Waals surface area contributed by atoms with Gasteiger partial charge in [0.25, 0.3) is 5.91 Å². The first kappa shape index (κ1) is 25.7. The van der Waals surface area contributed by atoms with E-state index in [4.69, 9.17) is 14.2 Å². The number of carbonyl (C=O) groups excluding carboxylic acids is 3. The molecule has 0 radical (unpaired) electrons. The number of ether oxygens (including phenoxy) is 3. The third kappa shape index (κ3) is 7.82. The highest BCUT2D eigenvalue weighted by atomic mass is 16.5. The van der Waals surface area contributed by atoms with Crippen molar-refractivity contribution in [1.82, 2.24) is 10.7 Å². The van der Waals surface area contributed by atoms with Crippen molar-refractivity contribution in [3.63, 3.8) is 0 Å². The molecule has 2 aromatic carbocycles. The van der Waals surface area contributed by atoms with Gasteiger partial charge in [-0.1, -0.05) is 17.7 Å². The number of aryl methyl sites for hydroxylation is 2. The molecule has 186 valence electrons. The van der Waals surface area contributed by atoms with E-state index >= 15 is 0 Å². The number of nitrogens with one attached hydrogen (secondary N) is 3. The lowest BCUT2D eigenvalue weighted by Crippen LogP contribution is -2.41. The summed E-state index contributed by atoms with van der Waals surface area (Å²) in [6, 6.07) is 10.7. The number of nitrogens with zero attached hydrogens (tertiary/aromatic N) is 1. The smallest absolute Gasteiger partial charge is 0.329 e. The Morgan fingerprint density at radius 1 is 1.11 bits per heavy atom. The van der Waals surface area contributed by atoms with Gasteiger partial charge in [-0.3, -0.25) is 14.4 Å². The monoisotopic (exact) mass is 482 g/mol. The molecule has 3 N–H and O–H groups in total. The van der Waals surface area contributed by atoms with Crippen LogP contribution in [-0.2, 0) is 19.1 Å². The van der Waals surface area contributed by atoms with Crippen molar-refractivity contribution in [2.24, 2.45) is 5.10 Å². The SMILES string of the molecule is COc1cc(/C=N\NC(=O)C(=O)NC[C@H]2CCCO2)ccc1OCC(=O)Nc1ccc(C)cc1C. The summed E-state index contributed by atoms with van der Waals surface area (Å²) in [5.41, 5.74) is 5.58. The van der Waals surface area contributed by atoms with Crippen LogP contribution in [0, 0.1) is 13.8 Å². The highest BCUT2D eigenvalue weighted by Gasteiger charge is 2.19. The first-order valence-corrected chi connectivity index (χ1v) is 11.3. The van der Waals surface area contributed by atoms with Crippen molar-refractivity contribution in [2.45, 2.75) is 32.8 Å². The van der Waals surface area contributed by atoms with Crippen molar-refractivity contribution in [1.29, 1.82) is 0 Å². The highest BCUT2D eigenvalue weighted by Crippen LogP contribution is 2.27. The quantitative estimate of drug-likeness (QED) is 0.285. The van der Waals surface area contributed by atoms with E-state index < -0.39 is 11.8 Å². The standard InChI is InChI=1S/C25H30N4O6/c1-16-6-8-20(17(2)11-16)28-23(30)15-35-21-9-7-18(12-22(21)33-3)13-27-29-25(32)24(31)26-14-19-5-4-10-34-19/h6-9,11-13,19H,4-5,10,14-15H2,1-3H3,(H,26,31)(H,28,30)(H,29,32)/b27-13-/t19-/m1/s1. The Labute approximate surface area is 204 Å². The second-order valence-corrected chi connectivity index (χ2v) is 8.11. The lowest BCUT2D eigenvalue weighted by molar-refractivity contribution is -0.139. The van der Waals surface area contributed by atoms with Crippen LogP contribution in [0.4, 0.5) is 5.69 Å². The number of methoxy groups -OCH3 is 1. The predicted molar refractivity (Wildman–Crippen MR) is 131 cm³/mol. The minimum Gasteiger partial charge on any atom is -0.493 e. The largest absolute Gasteiger partial charge is 0.493 e.